The molecule has 0 aliphatic carbocycles. The van der Waals surface area contributed by atoms with Gasteiger partial charge in [0.2, 0.25) is 0 Å². The van der Waals surface area contributed by atoms with Crippen LogP contribution in [0.3, 0.4) is 0 Å². The van der Waals surface area contributed by atoms with Gasteiger partial charge in [0.25, 0.3) is 14.8 Å². The second-order valence-electron chi connectivity index (χ2n) is 9.11. The molecule has 4 rings (SSSR count). The zero-order chi connectivity index (χ0) is 22.9. The highest BCUT2D eigenvalue weighted by molar-refractivity contribution is 7.35. The van der Waals surface area contributed by atoms with Crippen LogP contribution < -0.4 is 10.4 Å². The van der Waals surface area contributed by atoms with Crippen LogP contribution in [0.2, 0.25) is 11.1 Å². The third kappa shape index (κ3) is 4.28. The van der Waals surface area contributed by atoms with Crippen LogP contribution in [0.4, 0.5) is 0 Å². The van der Waals surface area contributed by atoms with E-state index >= 15 is 0 Å². The third-order valence-corrected chi connectivity index (χ3v) is 17.6. The molecule has 0 saturated heterocycles. The molecule has 0 N–H and O–H groups in total. The van der Waals surface area contributed by atoms with Crippen LogP contribution in [0.1, 0.15) is 27.7 Å². The Morgan fingerprint density at radius 2 is 0.875 bits per heavy atom. The van der Waals surface area contributed by atoms with E-state index < -0.39 is 14.8 Å². The lowest BCUT2D eigenvalue weighted by Crippen LogP contribution is -2.48. The SMILES string of the molecule is CC(C)[Si](Cl)(C#C[Si](Cl)(c1ccc2ccccc2c1)C(C)C)c1ccc2ccccc2c1. The first-order chi connectivity index (χ1) is 15.2. The minimum absolute atomic E-state index is 0.261. The first-order valence-corrected chi connectivity index (χ1v) is 17.3. The Morgan fingerprint density at radius 1 is 0.531 bits per heavy atom. The summed E-state index contributed by atoms with van der Waals surface area (Å²) in [6.45, 7) is 8.75. The number of fused-ring (bicyclic) bond motifs is 2. The lowest BCUT2D eigenvalue weighted by atomic mass is 10.1. The molecule has 0 fully saturated rings. The largest absolute Gasteiger partial charge is 0.265 e. The van der Waals surface area contributed by atoms with Gasteiger partial charge in [-0.15, -0.1) is 33.2 Å². The molecule has 0 aliphatic rings. The molecule has 32 heavy (non-hydrogen) atoms. The van der Waals surface area contributed by atoms with E-state index in [1.165, 1.54) is 21.5 Å². The lowest BCUT2D eigenvalue weighted by Gasteiger charge is -2.27. The number of rotatable bonds is 4. The van der Waals surface area contributed by atoms with Gasteiger partial charge in [0, 0.05) is 0 Å². The van der Waals surface area contributed by atoms with Crippen LogP contribution in [-0.2, 0) is 0 Å². The van der Waals surface area contributed by atoms with Crippen molar-refractivity contribution in [3.8, 4) is 11.1 Å². The summed E-state index contributed by atoms with van der Waals surface area (Å²) in [6.07, 6.45) is 0. The lowest BCUT2D eigenvalue weighted by molar-refractivity contribution is 1.05. The van der Waals surface area contributed by atoms with E-state index in [0.29, 0.717) is 0 Å². The predicted octanol–water partition coefficient (Wildman–Crippen LogP) is 7.38. The van der Waals surface area contributed by atoms with Gasteiger partial charge in [-0.3, -0.25) is 0 Å². The topological polar surface area (TPSA) is 0 Å². The van der Waals surface area contributed by atoms with Crippen molar-refractivity contribution < 1.29 is 0 Å². The second kappa shape index (κ2) is 9.08. The zero-order valence-electron chi connectivity index (χ0n) is 19.0. The van der Waals surface area contributed by atoms with Gasteiger partial charge in [-0.2, -0.15) is 0 Å². The van der Waals surface area contributed by atoms with Crippen molar-refractivity contribution in [1.29, 1.82) is 0 Å². The van der Waals surface area contributed by atoms with Crippen LogP contribution in [0.25, 0.3) is 21.5 Å². The molecule has 0 aromatic heterocycles. The molecule has 0 aliphatic heterocycles. The second-order valence-corrected chi connectivity index (χ2v) is 19.5. The molecule has 4 aromatic carbocycles. The molecule has 4 aromatic rings. The first-order valence-electron chi connectivity index (χ1n) is 11.1. The summed E-state index contributed by atoms with van der Waals surface area (Å²) < 4.78 is 0. The van der Waals surface area contributed by atoms with Gasteiger partial charge in [0.15, 0.2) is 0 Å². The quantitative estimate of drug-likeness (QED) is 0.159. The highest BCUT2D eigenvalue weighted by Crippen LogP contribution is 2.29. The molecule has 2 atom stereocenters. The Kier molecular flexibility index (Phi) is 6.57. The number of halogens is 2. The van der Waals surface area contributed by atoms with Crippen molar-refractivity contribution in [2.24, 2.45) is 0 Å². The number of benzene rings is 4. The maximum absolute atomic E-state index is 7.42. The van der Waals surface area contributed by atoms with E-state index in [-0.39, 0.29) is 11.1 Å². The third-order valence-electron chi connectivity index (χ3n) is 6.36. The van der Waals surface area contributed by atoms with Gasteiger partial charge >= 0.3 is 0 Å². The molecule has 0 heterocycles. The summed E-state index contributed by atoms with van der Waals surface area (Å²) in [5.74, 6) is 0. The maximum atomic E-state index is 7.42. The van der Waals surface area contributed by atoms with Gasteiger partial charge in [-0.1, -0.05) is 113 Å². The van der Waals surface area contributed by atoms with Crippen molar-refractivity contribution in [3.05, 3.63) is 84.9 Å². The molecule has 0 spiro atoms. The fourth-order valence-corrected chi connectivity index (χ4v) is 10.7. The molecule has 0 amide bonds. The average molecular weight is 492 g/mol. The van der Waals surface area contributed by atoms with E-state index in [1.807, 2.05) is 0 Å². The molecule has 162 valence electrons. The van der Waals surface area contributed by atoms with Crippen molar-refractivity contribution in [1.82, 2.24) is 0 Å². The van der Waals surface area contributed by atoms with Crippen LogP contribution >= 0.6 is 22.2 Å². The summed E-state index contributed by atoms with van der Waals surface area (Å²) in [5, 5.41) is 7.18. The molecular weight excluding hydrogens is 463 g/mol. The molecule has 0 nitrogen and oxygen atoms in total. The molecule has 0 radical (unpaired) electrons. The molecule has 0 bridgehead atoms. The van der Waals surface area contributed by atoms with E-state index in [9.17, 15) is 0 Å². The van der Waals surface area contributed by atoms with Crippen LogP contribution in [0.5, 0.6) is 0 Å². The van der Waals surface area contributed by atoms with Crippen molar-refractivity contribution in [2.75, 3.05) is 0 Å². The van der Waals surface area contributed by atoms with Gasteiger partial charge in [-0.05, 0) is 43.0 Å². The normalized spacial score (nSPS) is 15.4. The van der Waals surface area contributed by atoms with Crippen molar-refractivity contribution in [3.63, 3.8) is 0 Å². The summed E-state index contributed by atoms with van der Waals surface area (Å²) >= 11 is 14.8. The van der Waals surface area contributed by atoms with E-state index in [0.717, 1.165) is 10.4 Å². The standard InChI is InChI=1S/C28H28Cl2Si2/c1-21(2)31(29,27-15-13-23-9-5-7-11-25(23)19-27)17-18-32(30,22(3)4)28-16-14-24-10-6-8-12-26(24)20-28/h5-16,19-22H,1-4H3. The maximum Gasteiger partial charge on any atom is 0.265 e. The van der Waals surface area contributed by atoms with Crippen LogP contribution in [-0.4, -0.2) is 14.8 Å². The minimum atomic E-state index is -2.60. The molecule has 0 saturated carbocycles. The summed E-state index contributed by atoms with van der Waals surface area (Å²) in [7, 11) is -5.20. The summed E-state index contributed by atoms with van der Waals surface area (Å²) in [6, 6.07) is 29.9. The fraction of sp³-hybridized carbons (Fsp3) is 0.214. The van der Waals surface area contributed by atoms with Crippen molar-refractivity contribution >= 4 is 68.8 Å². The highest BCUT2D eigenvalue weighted by Gasteiger charge is 2.40. The summed E-state index contributed by atoms with van der Waals surface area (Å²) in [4.78, 5) is 0. The Morgan fingerprint density at radius 3 is 1.22 bits per heavy atom. The van der Waals surface area contributed by atoms with E-state index in [2.05, 4.69) is 124 Å². The molecular formula is C28H28Cl2Si2. The van der Waals surface area contributed by atoms with Gasteiger partial charge in [0.1, 0.15) is 0 Å². The first kappa shape index (κ1) is 23.1. The van der Waals surface area contributed by atoms with Gasteiger partial charge in [-0.25, -0.2) is 0 Å². The van der Waals surface area contributed by atoms with Crippen LogP contribution in [0, 0.1) is 11.1 Å². The Hall–Kier alpha value is -2.03. The monoisotopic (exact) mass is 490 g/mol. The zero-order valence-corrected chi connectivity index (χ0v) is 22.5. The smallest absolute Gasteiger partial charge is 0.144 e. The van der Waals surface area contributed by atoms with E-state index in [1.54, 1.807) is 0 Å². The highest BCUT2D eigenvalue weighted by atomic mass is 35.6. The number of hydrogen-bond donors (Lipinski definition) is 0. The van der Waals surface area contributed by atoms with E-state index in [4.69, 9.17) is 22.2 Å². The van der Waals surface area contributed by atoms with Gasteiger partial charge in [0.05, 0.1) is 0 Å². The Balaban J connectivity index is 1.83. The number of hydrogen-bond acceptors (Lipinski definition) is 0. The predicted molar refractivity (Wildman–Crippen MR) is 148 cm³/mol. The van der Waals surface area contributed by atoms with Crippen LogP contribution in [0.15, 0.2) is 84.9 Å². The average Bonchev–Trinajstić information content (AvgIpc) is 2.81. The molecule has 4 heteroatoms. The van der Waals surface area contributed by atoms with Crippen molar-refractivity contribution in [2.45, 2.75) is 38.8 Å². The van der Waals surface area contributed by atoms with Gasteiger partial charge < -0.3 is 0 Å². The Bertz CT molecular complexity index is 1230. The summed E-state index contributed by atoms with van der Waals surface area (Å²) in [5.41, 5.74) is 7.78. The molecule has 2 unspecified atom stereocenters. The Labute approximate surface area is 203 Å². The minimum Gasteiger partial charge on any atom is -0.144 e. The fourth-order valence-electron chi connectivity index (χ4n) is 4.11.